The molecule has 8 nitrogen and oxygen atoms in total. The van der Waals surface area contributed by atoms with Crippen LogP contribution in [-0.2, 0) is 14.3 Å². The fraction of sp³-hybridized carbons (Fsp3) is 0.632. The number of urea groups is 1. The van der Waals surface area contributed by atoms with E-state index < -0.39 is 17.9 Å². The zero-order valence-electron chi connectivity index (χ0n) is 16.0. The molecule has 0 aromatic carbocycles. The summed E-state index contributed by atoms with van der Waals surface area (Å²) in [6, 6.07) is -0.525. The molecular formula is C19H27N4O4+. The van der Waals surface area contributed by atoms with E-state index in [1.54, 1.807) is 18.0 Å². The minimum Gasteiger partial charge on any atom is -0.496 e. The summed E-state index contributed by atoms with van der Waals surface area (Å²) in [5.41, 5.74) is 0. The van der Waals surface area contributed by atoms with Gasteiger partial charge in [0.1, 0.15) is 12.0 Å². The van der Waals surface area contributed by atoms with Crippen LogP contribution in [0.4, 0.5) is 4.79 Å². The minimum absolute atomic E-state index is 0.185. The smallest absolute Gasteiger partial charge is 0.446 e. The highest BCUT2D eigenvalue weighted by atomic mass is 16.5. The predicted molar refractivity (Wildman–Crippen MR) is 99.7 cm³/mol. The first kappa shape index (κ1) is 19.3. The summed E-state index contributed by atoms with van der Waals surface area (Å²) in [5.74, 6) is -0.595. The van der Waals surface area contributed by atoms with Crippen molar-refractivity contribution in [1.82, 2.24) is 9.80 Å². The number of carbonyl (C=O) groups excluding carboxylic acids is 3. The Balaban J connectivity index is 1.81. The van der Waals surface area contributed by atoms with Crippen LogP contribution in [0.3, 0.4) is 0 Å². The van der Waals surface area contributed by atoms with Crippen LogP contribution >= 0.6 is 0 Å². The molecule has 0 radical (unpaired) electrons. The number of allylic oxidation sites excluding steroid dienone is 1. The summed E-state index contributed by atoms with van der Waals surface area (Å²) in [7, 11) is 1.57. The zero-order valence-corrected chi connectivity index (χ0v) is 16.0. The van der Waals surface area contributed by atoms with E-state index >= 15 is 0 Å². The molecule has 0 spiro atoms. The molecule has 27 heavy (non-hydrogen) atoms. The van der Waals surface area contributed by atoms with Crippen LogP contribution in [0.15, 0.2) is 16.8 Å². The molecule has 0 N–H and O–H groups in total. The lowest BCUT2D eigenvalue weighted by molar-refractivity contribution is -0.408. The van der Waals surface area contributed by atoms with Gasteiger partial charge in [-0.05, 0) is 19.3 Å². The quantitative estimate of drug-likeness (QED) is 0.680. The number of carbonyl (C=O) groups is 3. The summed E-state index contributed by atoms with van der Waals surface area (Å²) in [4.78, 5) is 45.5. The molecule has 4 amide bonds. The van der Waals surface area contributed by atoms with Gasteiger partial charge in [-0.1, -0.05) is 19.8 Å². The number of nitrogens with zero attached hydrogens (tertiary/aromatic N) is 4. The van der Waals surface area contributed by atoms with Gasteiger partial charge in [-0.2, -0.15) is 9.48 Å². The van der Waals surface area contributed by atoms with Crippen molar-refractivity contribution < 1.29 is 23.7 Å². The number of aliphatic imine (C=N–C) groups is 1. The number of hydrogen-bond donors (Lipinski definition) is 0. The number of ether oxygens (including phenoxy) is 1. The topological polar surface area (TPSA) is 82.3 Å². The van der Waals surface area contributed by atoms with Gasteiger partial charge in [-0.15, -0.1) is 4.99 Å². The maximum Gasteiger partial charge on any atom is 0.446 e. The van der Waals surface area contributed by atoms with Gasteiger partial charge in [0, 0.05) is 19.2 Å². The van der Waals surface area contributed by atoms with E-state index in [9.17, 15) is 14.4 Å². The van der Waals surface area contributed by atoms with Gasteiger partial charge in [0.25, 0.3) is 11.7 Å². The van der Waals surface area contributed by atoms with Crippen LogP contribution < -0.4 is 0 Å². The molecule has 3 heterocycles. The second-order valence-corrected chi connectivity index (χ2v) is 7.05. The molecule has 1 unspecified atom stereocenters. The Hall–Kier alpha value is -2.51. The molecule has 0 aliphatic carbocycles. The van der Waals surface area contributed by atoms with Crippen molar-refractivity contribution in [2.24, 2.45) is 10.9 Å². The van der Waals surface area contributed by atoms with Crippen molar-refractivity contribution in [2.75, 3.05) is 33.3 Å². The molecule has 8 heteroatoms. The van der Waals surface area contributed by atoms with Crippen molar-refractivity contribution in [3.05, 3.63) is 11.8 Å². The third-order valence-electron chi connectivity index (χ3n) is 5.09. The summed E-state index contributed by atoms with van der Waals surface area (Å²) in [5, 5.41) is 0. The molecule has 0 saturated carbocycles. The molecule has 146 valence electrons. The molecule has 0 bridgehead atoms. The maximum atomic E-state index is 13.1. The van der Waals surface area contributed by atoms with E-state index in [1.165, 1.54) is 10.8 Å². The SMILES string of the molecule is CCCOC1=CC=NC2=[N+](C)C(=O)N(CC(=O)N3CCCCCC3)C(=O)C12. The van der Waals surface area contributed by atoms with Gasteiger partial charge in [-0.3, -0.25) is 9.59 Å². The van der Waals surface area contributed by atoms with Crippen molar-refractivity contribution in [1.29, 1.82) is 0 Å². The fourth-order valence-corrected chi connectivity index (χ4v) is 3.58. The number of fused-ring (bicyclic) bond motifs is 1. The highest BCUT2D eigenvalue weighted by molar-refractivity contribution is 6.16. The first-order valence-corrected chi connectivity index (χ1v) is 9.65. The molecule has 1 saturated heterocycles. The second kappa shape index (κ2) is 8.45. The Morgan fingerprint density at radius 1 is 1.26 bits per heavy atom. The van der Waals surface area contributed by atoms with E-state index in [-0.39, 0.29) is 12.5 Å². The van der Waals surface area contributed by atoms with Gasteiger partial charge in [0.15, 0.2) is 12.5 Å². The van der Waals surface area contributed by atoms with Crippen molar-refractivity contribution in [2.45, 2.75) is 39.0 Å². The van der Waals surface area contributed by atoms with E-state index in [4.69, 9.17) is 4.74 Å². The average Bonchev–Trinajstić information content (AvgIpc) is 2.97. The van der Waals surface area contributed by atoms with E-state index in [0.29, 0.717) is 31.3 Å². The fourth-order valence-electron chi connectivity index (χ4n) is 3.58. The second-order valence-electron chi connectivity index (χ2n) is 7.05. The van der Waals surface area contributed by atoms with Crippen molar-refractivity contribution >= 4 is 29.9 Å². The number of amidine groups is 1. The standard InChI is InChI=1S/C19H27N4O4/c1-3-12-27-14-8-9-20-17-16(14)18(25)23(19(26)21(17)2)13-15(24)22-10-6-4-5-7-11-22/h8-9,16H,3-7,10-13H2,1-2H3/q+1. The lowest BCUT2D eigenvalue weighted by Crippen LogP contribution is -2.57. The molecule has 3 aliphatic heterocycles. The van der Waals surface area contributed by atoms with Gasteiger partial charge in [-0.25, -0.2) is 4.79 Å². The minimum atomic E-state index is -0.777. The molecule has 3 rings (SSSR count). The lowest BCUT2D eigenvalue weighted by Gasteiger charge is -2.29. The van der Waals surface area contributed by atoms with Crippen molar-refractivity contribution in [3.8, 4) is 0 Å². The van der Waals surface area contributed by atoms with Crippen molar-refractivity contribution in [3.63, 3.8) is 0 Å². The maximum absolute atomic E-state index is 13.1. The summed E-state index contributed by atoms with van der Waals surface area (Å²) < 4.78 is 7.04. The Kier molecular flexibility index (Phi) is 6.03. The molecule has 3 aliphatic rings. The highest BCUT2D eigenvalue weighted by Gasteiger charge is 2.50. The Bertz CT molecular complexity index is 717. The van der Waals surface area contributed by atoms with Gasteiger partial charge in [0.2, 0.25) is 0 Å². The monoisotopic (exact) mass is 375 g/mol. The third kappa shape index (κ3) is 3.94. The third-order valence-corrected chi connectivity index (χ3v) is 5.09. The van der Waals surface area contributed by atoms with E-state index in [0.717, 1.165) is 37.0 Å². The van der Waals surface area contributed by atoms with E-state index in [1.807, 2.05) is 6.92 Å². The predicted octanol–water partition coefficient (Wildman–Crippen LogP) is 1.40. The molecule has 0 aromatic rings. The van der Waals surface area contributed by atoms with Crippen LogP contribution in [-0.4, -0.2) is 77.6 Å². The highest BCUT2D eigenvalue weighted by Crippen LogP contribution is 2.25. The summed E-state index contributed by atoms with van der Waals surface area (Å²) in [6.07, 6.45) is 8.12. The number of dihydropyridines is 1. The largest absolute Gasteiger partial charge is 0.496 e. The first-order chi connectivity index (χ1) is 13.0. The number of likely N-dealkylation sites (tertiary alicyclic amines) is 1. The summed E-state index contributed by atoms with van der Waals surface area (Å²) in [6.45, 7) is 3.58. The van der Waals surface area contributed by atoms with E-state index in [2.05, 4.69) is 4.99 Å². The van der Waals surface area contributed by atoms with Crippen LogP contribution in [0, 0.1) is 5.92 Å². The van der Waals surface area contributed by atoms with Crippen LogP contribution in [0.2, 0.25) is 0 Å². The molecule has 0 aromatic heterocycles. The Labute approximate surface area is 159 Å². The average molecular weight is 375 g/mol. The Morgan fingerprint density at radius 3 is 2.63 bits per heavy atom. The zero-order chi connectivity index (χ0) is 19.4. The molecular weight excluding hydrogens is 348 g/mol. The van der Waals surface area contributed by atoms with Gasteiger partial charge < -0.3 is 9.64 Å². The number of amides is 4. The van der Waals surface area contributed by atoms with Gasteiger partial charge >= 0.3 is 11.9 Å². The number of rotatable bonds is 5. The van der Waals surface area contributed by atoms with Crippen LogP contribution in [0.5, 0.6) is 0 Å². The first-order valence-electron chi connectivity index (χ1n) is 9.65. The van der Waals surface area contributed by atoms with Gasteiger partial charge in [0.05, 0.1) is 13.7 Å². The van der Waals surface area contributed by atoms with Crippen LogP contribution in [0.1, 0.15) is 39.0 Å². The number of hydrogen-bond acceptors (Lipinski definition) is 5. The lowest BCUT2D eigenvalue weighted by atomic mass is 9.99. The van der Waals surface area contributed by atoms with Crippen LogP contribution in [0.25, 0.3) is 0 Å². The molecule has 1 atom stereocenters. The Morgan fingerprint density at radius 2 is 1.96 bits per heavy atom. The summed E-state index contributed by atoms with van der Waals surface area (Å²) >= 11 is 0. The molecule has 1 fully saturated rings. The number of imide groups is 1. The normalized spacial score (nSPS) is 23.2.